The summed E-state index contributed by atoms with van der Waals surface area (Å²) in [5.41, 5.74) is 2.16. The molecule has 1 aromatic rings. The van der Waals surface area contributed by atoms with Crippen LogP contribution in [0.25, 0.3) is 0 Å². The molecule has 1 rings (SSSR count). The van der Waals surface area contributed by atoms with Gasteiger partial charge >= 0.3 is 5.97 Å². The lowest BCUT2D eigenvalue weighted by Crippen LogP contribution is -2.12. The summed E-state index contributed by atoms with van der Waals surface area (Å²) < 4.78 is 15.4. The van der Waals surface area contributed by atoms with Crippen molar-refractivity contribution in [3.63, 3.8) is 0 Å². The molecule has 4 nitrogen and oxygen atoms in total. The van der Waals surface area contributed by atoms with Crippen molar-refractivity contribution in [1.82, 2.24) is 0 Å². The van der Waals surface area contributed by atoms with E-state index in [4.69, 9.17) is 14.2 Å². The average Bonchev–Trinajstić information content (AvgIpc) is 2.38. The van der Waals surface area contributed by atoms with E-state index < -0.39 is 0 Å². The van der Waals surface area contributed by atoms with Gasteiger partial charge in [0.25, 0.3) is 0 Å². The van der Waals surface area contributed by atoms with E-state index in [1.165, 1.54) is 5.56 Å². The Hall–Kier alpha value is -1.55. The van der Waals surface area contributed by atoms with Crippen LogP contribution in [0.5, 0.6) is 5.75 Å². The Morgan fingerprint density at radius 1 is 1.32 bits per heavy atom. The Kier molecular flexibility index (Phi) is 6.36. The molecule has 0 aliphatic rings. The van der Waals surface area contributed by atoms with Crippen molar-refractivity contribution >= 4 is 5.97 Å². The quantitative estimate of drug-likeness (QED) is 0.712. The van der Waals surface area contributed by atoms with Crippen molar-refractivity contribution in [3.8, 4) is 5.75 Å². The van der Waals surface area contributed by atoms with E-state index in [1.54, 1.807) is 14.0 Å². The van der Waals surface area contributed by atoms with Crippen molar-refractivity contribution in [2.75, 3.05) is 20.3 Å². The zero-order valence-corrected chi connectivity index (χ0v) is 12.1. The average molecular weight is 266 g/mol. The Labute approximate surface area is 114 Å². The molecule has 1 aromatic carbocycles. The first-order chi connectivity index (χ1) is 9.08. The zero-order chi connectivity index (χ0) is 14.3. The maximum Gasteiger partial charge on any atom is 0.332 e. The van der Waals surface area contributed by atoms with Gasteiger partial charge < -0.3 is 14.2 Å². The molecule has 4 heteroatoms. The molecule has 0 radical (unpaired) electrons. The number of benzene rings is 1. The maximum absolute atomic E-state index is 11.2. The monoisotopic (exact) mass is 266 g/mol. The van der Waals surface area contributed by atoms with E-state index in [0.29, 0.717) is 19.1 Å². The van der Waals surface area contributed by atoms with Crippen LogP contribution in [0.1, 0.15) is 37.8 Å². The minimum atomic E-state index is -0.346. The molecule has 0 amide bonds. The third-order valence-electron chi connectivity index (χ3n) is 2.75. The van der Waals surface area contributed by atoms with Gasteiger partial charge in [0.1, 0.15) is 12.4 Å². The van der Waals surface area contributed by atoms with Gasteiger partial charge in [-0.15, -0.1) is 0 Å². The summed E-state index contributed by atoms with van der Waals surface area (Å²) in [6.07, 6.45) is 0. The Morgan fingerprint density at radius 3 is 2.63 bits per heavy atom. The third-order valence-corrected chi connectivity index (χ3v) is 2.75. The van der Waals surface area contributed by atoms with Crippen LogP contribution in [0.3, 0.4) is 0 Å². The second-order valence-electron chi connectivity index (χ2n) is 4.52. The smallest absolute Gasteiger partial charge is 0.332 e. The molecular formula is C15H22O4. The van der Waals surface area contributed by atoms with Crippen LogP contribution in [0.2, 0.25) is 0 Å². The fourth-order valence-corrected chi connectivity index (χ4v) is 1.72. The summed E-state index contributed by atoms with van der Waals surface area (Å²) in [6.45, 7) is 6.70. The molecule has 106 valence electrons. The van der Waals surface area contributed by atoms with Crippen molar-refractivity contribution in [2.24, 2.45) is 0 Å². The highest BCUT2D eigenvalue weighted by Gasteiger charge is 2.08. The van der Waals surface area contributed by atoms with Gasteiger partial charge in [-0.25, -0.2) is 4.79 Å². The highest BCUT2D eigenvalue weighted by Crippen LogP contribution is 2.24. The standard InChI is InChI=1S/C15H22O4/c1-5-19-15(16)10-18-9-13-8-12(11(2)3)6-7-14(13)17-4/h6-8,11H,5,9-10H2,1-4H3. The second-order valence-corrected chi connectivity index (χ2v) is 4.52. The Morgan fingerprint density at radius 2 is 2.05 bits per heavy atom. The molecule has 0 atom stereocenters. The molecule has 0 aliphatic carbocycles. The third kappa shape index (κ3) is 4.91. The van der Waals surface area contributed by atoms with Gasteiger partial charge in [-0.05, 0) is 30.5 Å². The van der Waals surface area contributed by atoms with Crippen LogP contribution in [0.4, 0.5) is 0 Å². The molecule has 0 unspecified atom stereocenters. The molecule has 0 fully saturated rings. The van der Waals surface area contributed by atoms with Crippen molar-refractivity contribution in [2.45, 2.75) is 33.3 Å². The fourth-order valence-electron chi connectivity index (χ4n) is 1.72. The van der Waals surface area contributed by atoms with Gasteiger partial charge in [0.2, 0.25) is 0 Å². The van der Waals surface area contributed by atoms with Crippen LogP contribution in [0, 0.1) is 0 Å². The number of methoxy groups -OCH3 is 1. The molecule has 0 heterocycles. The molecule has 0 N–H and O–H groups in total. The summed E-state index contributed by atoms with van der Waals surface area (Å²) >= 11 is 0. The van der Waals surface area contributed by atoms with E-state index in [1.807, 2.05) is 12.1 Å². The van der Waals surface area contributed by atoms with Gasteiger partial charge in [0.05, 0.1) is 20.3 Å². The van der Waals surface area contributed by atoms with Gasteiger partial charge in [-0.2, -0.15) is 0 Å². The molecule has 19 heavy (non-hydrogen) atoms. The predicted octanol–water partition coefficient (Wildman–Crippen LogP) is 2.90. The first kappa shape index (κ1) is 15.5. The van der Waals surface area contributed by atoms with Crippen LogP contribution in [-0.2, 0) is 20.9 Å². The predicted molar refractivity (Wildman–Crippen MR) is 73.4 cm³/mol. The van der Waals surface area contributed by atoms with Crippen molar-refractivity contribution < 1.29 is 19.0 Å². The molecule has 0 aliphatic heterocycles. The van der Waals surface area contributed by atoms with Crippen molar-refractivity contribution in [3.05, 3.63) is 29.3 Å². The largest absolute Gasteiger partial charge is 0.496 e. The van der Waals surface area contributed by atoms with Crippen LogP contribution < -0.4 is 4.74 Å². The van der Waals surface area contributed by atoms with E-state index in [9.17, 15) is 4.79 Å². The Balaban J connectivity index is 2.65. The second kappa shape index (κ2) is 7.79. The molecule has 0 bridgehead atoms. The van der Waals surface area contributed by atoms with Gasteiger partial charge in [0, 0.05) is 5.56 Å². The topological polar surface area (TPSA) is 44.8 Å². The van der Waals surface area contributed by atoms with Gasteiger partial charge in [0.15, 0.2) is 0 Å². The first-order valence-corrected chi connectivity index (χ1v) is 6.48. The Bertz CT molecular complexity index is 413. The molecular weight excluding hydrogens is 244 g/mol. The number of esters is 1. The minimum Gasteiger partial charge on any atom is -0.496 e. The van der Waals surface area contributed by atoms with Crippen molar-refractivity contribution in [1.29, 1.82) is 0 Å². The maximum atomic E-state index is 11.2. The zero-order valence-electron chi connectivity index (χ0n) is 12.1. The number of carbonyl (C=O) groups excluding carboxylic acids is 1. The summed E-state index contributed by atoms with van der Waals surface area (Å²) in [6, 6.07) is 6.02. The number of rotatable bonds is 7. The summed E-state index contributed by atoms with van der Waals surface area (Å²) in [5, 5.41) is 0. The molecule has 0 saturated carbocycles. The van der Waals surface area contributed by atoms with E-state index in [-0.39, 0.29) is 12.6 Å². The number of hydrogen-bond donors (Lipinski definition) is 0. The fraction of sp³-hybridized carbons (Fsp3) is 0.533. The highest BCUT2D eigenvalue weighted by atomic mass is 16.6. The van der Waals surface area contributed by atoms with Crippen LogP contribution in [0.15, 0.2) is 18.2 Å². The van der Waals surface area contributed by atoms with Crippen LogP contribution in [-0.4, -0.2) is 26.3 Å². The van der Waals surface area contributed by atoms with Gasteiger partial charge in [-0.1, -0.05) is 19.9 Å². The van der Waals surface area contributed by atoms with E-state index >= 15 is 0 Å². The van der Waals surface area contributed by atoms with Gasteiger partial charge in [-0.3, -0.25) is 0 Å². The van der Waals surface area contributed by atoms with Crippen LogP contribution >= 0.6 is 0 Å². The van der Waals surface area contributed by atoms with E-state index in [0.717, 1.165) is 11.3 Å². The SMILES string of the molecule is CCOC(=O)COCc1cc(C(C)C)ccc1OC. The first-order valence-electron chi connectivity index (χ1n) is 6.48. The highest BCUT2D eigenvalue weighted by molar-refractivity contribution is 5.70. The lowest BCUT2D eigenvalue weighted by molar-refractivity contribution is -0.148. The summed E-state index contributed by atoms with van der Waals surface area (Å²) in [5.74, 6) is 0.865. The van der Waals surface area contributed by atoms with E-state index in [2.05, 4.69) is 19.9 Å². The minimum absolute atomic E-state index is 0.0388. The summed E-state index contributed by atoms with van der Waals surface area (Å²) in [4.78, 5) is 11.2. The molecule has 0 saturated heterocycles. The normalized spacial score (nSPS) is 10.6. The molecule has 0 aromatic heterocycles. The number of hydrogen-bond acceptors (Lipinski definition) is 4. The number of carbonyl (C=O) groups is 1. The lowest BCUT2D eigenvalue weighted by atomic mass is 10.0. The number of ether oxygens (including phenoxy) is 3. The molecule has 0 spiro atoms. The summed E-state index contributed by atoms with van der Waals surface area (Å²) in [7, 11) is 1.62. The lowest BCUT2D eigenvalue weighted by Gasteiger charge is -2.13.